The monoisotopic (exact) mass is 411 g/mol. The van der Waals surface area contributed by atoms with Crippen LogP contribution in [0.3, 0.4) is 0 Å². The topological polar surface area (TPSA) is 122 Å². The van der Waals surface area contributed by atoms with Crippen molar-refractivity contribution in [1.29, 1.82) is 0 Å². The number of rotatable bonds is 9. The van der Waals surface area contributed by atoms with E-state index in [1.807, 2.05) is 0 Å². The summed E-state index contributed by atoms with van der Waals surface area (Å²) in [4.78, 5) is 0. The van der Waals surface area contributed by atoms with Crippen molar-refractivity contribution in [1.82, 2.24) is 0 Å². The average Bonchev–Trinajstić information content (AvgIpc) is 2.55. The van der Waals surface area contributed by atoms with Gasteiger partial charge in [-0.15, -0.1) is 34.8 Å². The fourth-order valence-electron chi connectivity index (χ4n) is 2.41. The average molecular weight is 413 g/mol. The number of ether oxygens (including phenoxy) is 2. The van der Waals surface area contributed by atoms with E-state index in [2.05, 4.69) is 0 Å². The molecule has 8 atom stereocenters. The molecule has 0 amide bonds. The first-order valence-electron chi connectivity index (χ1n) is 7.76. The van der Waals surface area contributed by atoms with Gasteiger partial charge in [0.25, 0.3) is 0 Å². The summed E-state index contributed by atoms with van der Waals surface area (Å²) in [5, 5.41) is 47.4. The van der Waals surface area contributed by atoms with Crippen LogP contribution in [-0.2, 0) is 9.47 Å². The number of aliphatic hydroxyl groups is 4. The molecule has 1 aliphatic rings. The second-order valence-corrected chi connectivity index (χ2v) is 7.05. The minimum absolute atomic E-state index is 0.177. The molecule has 144 valence electrons. The molecular weight excluding hydrogens is 387 g/mol. The molecule has 0 aromatic rings. The summed E-state index contributed by atoms with van der Waals surface area (Å²) in [6.07, 6.45) is -6.63. The summed E-state index contributed by atoms with van der Waals surface area (Å²) in [5.74, 6) is -2.28. The minimum Gasteiger partial charge on any atom is -0.416 e. The molecule has 7 nitrogen and oxygen atoms in total. The Morgan fingerprint density at radius 3 is 2.38 bits per heavy atom. The predicted molar refractivity (Wildman–Crippen MR) is 90.7 cm³/mol. The molecule has 6 N–H and O–H groups in total. The Morgan fingerprint density at radius 1 is 1.25 bits per heavy atom. The number of alkyl halides is 3. The van der Waals surface area contributed by atoms with Gasteiger partial charge in [-0.3, -0.25) is 4.74 Å². The number of aliphatic hydroxyl groups excluding tert-OH is 4. The van der Waals surface area contributed by atoms with Crippen molar-refractivity contribution < 1.29 is 35.0 Å². The first-order chi connectivity index (χ1) is 11.2. The van der Waals surface area contributed by atoms with Crippen molar-refractivity contribution in [3.05, 3.63) is 0 Å². The highest BCUT2D eigenvalue weighted by Gasteiger charge is 2.51. The lowest BCUT2D eigenvalue weighted by molar-refractivity contribution is -0.358. The van der Waals surface area contributed by atoms with Crippen molar-refractivity contribution in [3.63, 3.8) is 0 Å². The molecule has 0 aliphatic carbocycles. The van der Waals surface area contributed by atoms with Crippen LogP contribution in [0.2, 0.25) is 0 Å². The van der Waals surface area contributed by atoms with Gasteiger partial charge < -0.3 is 30.3 Å². The van der Waals surface area contributed by atoms with Gasteiger partial charge in [-0.25, -0.2) is 0 Å². The van der Waals surface area contributed by atoms with Gasteiger partial charge in [-0.1, -0.05) is 6.92 Å². The molecule has 0 saturated carbocycles. The predicted octanol–water partition coefficient (Wildman–Crippen LogP) is -0.132. The smallest absolute Gasteiger partial charge is 0.316 e. The highest BCUT2D eigenvalue weighted by molar-refractivity contribution is 6.21. The van der Waals surface area contributed by atoms with Gasteiger partial charge >= 0.3 is 5.79 Å². The molecule has 1 fully saturated rings. The first kappa shape index (κ1) is 22.6. The summed E-state index contributed by atoms with van der Waals surface area (Å²) in [5.41, 5.74) is 0. The number of hydrogen-bond donors (Lipinski definition) is 4. The zero-order chi connectivity index (χ0) is 18.5. The lowest BCUT2D eigenvalue weighted by Gasteiger charge is -2.42. The van der Waals surface area contributed by atoms with Crippen LogP contribution in [0, 0.1) is 0 Å². The summed E-state index contributed by atoms with van der Waals surface area (Å²) < 4.78 is 10.9. The zero-order valence-electron chi connectivity index (χ0n) is 13.3. The highest BCUT2D eigenvalue weighted by Crippen LogP contribution is 2.31. The summed E-state index contributed by atoms with van der Waals surface area (Å²) in [7, 11) is 0. The Bertz CT molecular complexity index is 376. The zero-order valence-corrected chi connectivity index (χ0v) is 15.6. The van der Waals surface area contributed by atoms with Crippen LogP contribution in [0.15, 0.2) is 0 Å². The van der Waals surface area contributed by atoms with Gasteiger partial charge in [-0.2, -0.15) is 0 Å². The lowest BCUT2D eigenvalue weighted by Crippen LogP contribution is -2.60. The first-order valence-corrected chi connectivity index (χ1v) is 9.27. The van der Waals surface area contributed by atoms with E-state index in [-0.39, 0.29) is 18.7 Å². The molecular formula is C14H26Cl3O7+. The van der Waals surface area contributed by atoms with E-state index < -0.39 is 53.9 Å². The van der Waals surface area contributed by atoms with Crippen LogP contribution < -0.4 is 0 Å². The van der Waals surface area contributed by atoms with E-state index in [4.69, 9.17) is 49.4 Å². The molecule has 0 bridgehead atoms. The van der Waals surface area contributed by atoms with E-state index in [1.54, 1.807) is 6.92 Å². The van der Waals surface area contributed by atoms with Crippen LogP contribution in [0.4, 0.5) is 0 Å². The SMILES string of the molecule is CCC1O[C@H](O[C@@]([OH2+])(CCl)C(O)CC(O)CCCl)C(O)C(O)[C@H]1Cl. The van der Waals surface area contributed by atoms with Crippen LogP contribution in [0.25, 0.3) is 0 Å². The Morgan fingerprint density at radius 2 is 1.88 bits per heavy atom. The van der Waals surface area contributed by atoms with Crippen LogP contribution in [0.1, 0.15) is 26.2 Å². The van der Waals surface area contributed by atoms with Gasteiger partial charge in [-0.05, 0) is 12.8 Å². The molecule has 0 aromatic carbocycles. The molecule has 1 aliphatic heterocycles. The minimum atomic E-state index is -2.04. The van der Waals surface area contributed by atoms with Gasteiger partial charge in [0, 0.05) is 12.3 Å². The molecule has 1 rings (SSSR count). The normalized spacial score (nSPS) is 36.1. The third kappa shape index (κ3) is 5.54. The number of hydrogen-bond acceptors (Lipinski definition) is 6. The van der Waals surface area contributed by atoms with Crippen LogP contribution in [-0.4, -0.2) is 85.3 Å². The van der Waals surface area contributed by atoms with Gasteiger partial charge in [0.15, 0.2) is 12.4 Å². The van der Waals surface area contributed by atoms with Gasteiger partial charge in [0.05, 0.1) is 17.6 Å². The summed E-state index contributed by atoms with van der Waals surface area (Å²) >= 11 is 17.3. The Balaban J connectivity index is 2.80. The molecule has 10 heteroatoms. The van der Waals surface area contributed by atoms with E-state index >= 15 is 0 Å². The van der Waals surface area contributed by atoms with E-state index in [0.29, 0.717) is 6.42 Å². The second kappa shape index (κ2) is 10.1. The van der Waals surface area contributed by atoms with Crippen molar-refractivity contribution in [2.75, 3.05) is 11.8 Å². The van der Waals surface area contributed by atoms with Crippen LogP contribution >= 0.6 is 34.8 Å². The maximum Gasteiger partial charge on any atom is 0.316 e. The highest BCUT2D eigenvalue weighted by atomic mass is 35.5. The maximum absolute atomic E-state index is 10.2. The maximum atomic E-state index is 10.2. The third-order valence-electron chi connectivity index (χ3n) is 4.02. The molecule has 1 heterocycles. The van der Waals surface area contributed by atoms with Crippen molar-refractivity contribution in [3.8, 4) is 0 Å². The standard InChI is InChI=1S/C14H25Cl3O7/c1-2-8-10(17)11(20)12(21)13(23-8)24-14(22,6-16)9(19)5-7(18)3-4-15/h7-13,18-22H,2-6H2,1H3/p+1/t7?,8?,9?,10-,11?,12?,13+,14-/m0/s1. The Labute approximate surface area is 156 Å². The lowest BCUT2D eigenvalue weighted by atomic mass is 9.99. The van der Waals surface area contributed by atoms with Crippen LogP contribution in [0.5, 0.6) is 0 Å². The third-order valence-corrected chi connectivity index (χ3v) is 5.18. The van der Waals surface area contributed by atoms with Crippen molar-refractivity contribution in [2.45, 2.75) is 74.2 Å². The van der Waals surface area contributed by atoms with E-state index in [0.717, 1.165) is 0 Å². The van der Waals surface area contributed by atoms with Crippen molar-refractivity contribution in [2.24, 2.45) is 0 Å². The Kier molecular flexibility index (Phi) is 9.49. The molecule has 0 radical (unpaired) electrons. The largest absolute Gasteiger partial charge is 0.416 e. The molecule has 0 aromatic heterocycles. The van der Waals surface area contributed by atoms with E-state index in [1.165, 1.54) is 0 Å². The van der Waals surface area contributed by atoms with Gasteiger partial charge in [0.1, 0.15) is 18.1 Å². The quantitative estimate of drug-likeness (QED) is 0.238. The summed E-state index contributed by atoms with van der Waals surface area (Å²) in [6.45, 7) is 1.79. The molecule has 1 saturated heterocycles. The number of halogens is 3. The van der Waals surface area contributed by atoms with Gasteiger partial charge in [0.2, 0.25) is 0 Å². The fourth-order valence-corrected chi connectivity index (χ4v) is 3.29. The van der Waals surface area contributed by atoms with Crippen molar-refractivity contribution >= 4 is 34.8 Å². The Hall–Kier alpha value is 0.590. The molecule has 24 heavy (non-hydrogen) atoms. The molecule has 0 spiro atoms. The van der Waals surface area contributed by atoms with E-state index in [9.17, 15) is 20.4 Å². The second-order valence-electron chi connectivity index (χ2n) is 5.90. The molecule has 5 unspecified atom stereocenters. The fraction of sp³-hybridized carbons (Fsp3) is 1.00. The summed E-state index contributed by atoms with van der Waals surface area (Å²) in [6, 6.07) is 0.